The fraction of sp³-hybridized carbons (Fsp3) is 0.414. The molecular formula is C29H38N4O8. The maximum Gasteiger partial charge on any atom is 0.337 e. The van der Waals surface area contributed by atoms with E-state index in [1.165, 1.54) is 7.11 Å². The molecule has 0 fully saturated rings. The van der Waals surface area contributed by atoms with Gasteiger partial charge >= 0.3 is 12.0 Å². The van der Waals surface area contributed by atoms with Crippen LogP contribution in [0.25, 0.3) is 0 Å². The highest BCUT2D eigenvalue weighted by Gasteiger charge is 2.32. The molecule has 1 aliphatic rings. The first-order valence-corrected chi connectivity index (χ1v) is 13.3. The van der Waals surface area contributed by atoms with Gasteiger partial charge in [0.05, 0.1) is 44.3 Å². The van der Waals surface area contributed by atoms with Gasteiger partial charge in [-0.15, -0.1) is 0 Å². The molecule has 1 aliphatic heterocycles. The van der Waals surface area contributed by atoms with Crippen LogP contribution in [0, 0.1) is 0 Å². The Morgan fingerprint density at radius 1 is 1.05 bits per heavy atom. The second-order valence-corrected chi connectivity index (χ2v) is 9.22. The molecule has 0 aromatic heterocycles. The number of carbonyl (C=O) groups is 2. The highest BCUT2D eigenvalue weighted by molar-refractivity contribution is 5.95. The molecule has 0 aliphatic carbocycles. The molecule has 3 rings (SSSR count). The van der Waals surface area contributed by atoms with E-state index in [1.807, 2.05) is 39.8 Å². The molecule has 0 saturated carbocycles. The van der Waals surface area contributed by atoms with Crippen molar-refractivity contribution in [2.45, 2.75) is 53.0 Å². The number of urea groups is 1. The van der Waals surface area contributed by atoms with Crippen LogP contribution in [0.1, 0.15) is 51.8 Å². The lowest BCUT2D eigenvalue weighted by Crippen LogP contribution is -2.45. The third-order valence-electron chi connectivity index (χ3n) is 5.74. The summed E-state index contributed by atoms with van der Waals surface area (Å²) in [6.45, 7) is 9.91. The van der Waals surface area contributed by atoms with E-state index in [1.54, 1.807) is 37.4 Å². The minimum Gasteiger partial charge on any atom is -0.490 e. The zero-order valence-electron chi connectivity index (χ0n) is 24.1. The van der Waals surface area contributed by atoms with Crippen molar-refractivity contribution in [2.24, 2.45) is 5.10 Å². The van der Waals surface area contributed by atoms with Crippen LogP contribution in [0.2, 0.25) is 0 Å². The first-order chi connectivity index (χ1) is 19.7. The van der Waals surface area contributed by atoms with Gasteiger partial charge in [0.25, 0.3) is 0 Å². The average Bonchev–Trinajstić information content (AvgIpc) is 2.93. The highest BCUT2D eigenvalue weighted by Crippen LogP contribution is 2.35. The van der Waals surface area contributed by atoms with Gasteiger partial charge in [-0.2, -0.15) is 5.10 Å². The second-order valence-electron chi connectivity index (χ2n) is 9.22. The molecule has 4 N–H and O–H groups in total. The predicted molar refractivity (Wildman–Crippen MR) is 152 cm³/mol. The maximum atomic E-state index is 12.4. The monoisotopic (exact) mass is 570 g/mol. The van der Waals surface area contributed by atoms with Crippen molar-refractivity contribution >= 4 is 18.2 Å². The lowest BCUT2D eigenvalue weighted by atomic mass is 9.95. The molecule has 0 bridgehead atoms. The van der Waals surface area contributed by atoms with Crippen molar-refractivity contribution < 1.29 is 38.4 Å². The number of ether oxygens (including phenoxy) is 5. The van der Waals surface area contributed by atoms with Crippen molar-refractivity contribution in [1.82, 2.24) is 16.1 Å². The third-order valence-corrected chi connectivity index (χ3v) is 5.74. The summed E-state index contributed by atoms with van der Waals surface area (Å²) in [7, 11) is 1.28. The normalized spacial score (nSPS) is 15.7. The van der Waals surface area contributed by atoms with Crippen LogP contribution >= 0.6 is 0 Å². The summed E-state index contributed by atoms with van der Waals surface area (Å²) in [5.41, 5.74) is 4.64. The summed E-state index contributed by atoms with van der Waals surface area (Å²) in [6.07, 6.45) is 0.428. The molecule has 0 radical (unpaired) electrons. The van der Waals surface area contributed by atoms with Crippen LogP contribution in [-0.4, -0.2) is 62.6 Å². The summed E-state index contributed by atoms with van der Waals surface area (Å²) >= 11 is 0. The number of aliphatic hydroxyl groups excluding tert-OH is 1. The number of aliphatic hydroxyl groups is 1. The molecule has 0 unspecified atom stereocenters. The number of esters is 1. The lowest BCUT2D eigenvalue weighted by molar-refractivity contribution is -0.136. The standard InChI is InChI=1S/C29H38N4O8/c1-7-38-23-13-19(9-11-22(23)41-17(3)4)15-30-33-25(34)16-40-21-12-10-20(14-24(21)39-8-2)27-26(28(35)37-6)18(5)31-29(36)32-27/h9-15,17,25,27,33-34H,7-8,16H2,1-6H3,(H2,31,32,36)/b30-15+/t25-,27-/m1/s1. The number of amides is 2. The Bertz CT molecular complexity index is 1280. The van der Waals surface area contributed by atoms with E-state index in [4.69, 9.17) is 23.7 Å². The number of allylic oxidation sites excluding steroid dienone is 1. The van der Waals surface area contributed by atoms with Crippen molar-refractivity contribution in [3.05, 3.63) is 58.8 Å². The topological polar surface area (TPSA) is 149 Å². The highest BCUT2D eigenvalue weighted by atomic mass is 16.5. The van der Waals surface area contributed by atoms with Gasteiger partial charge in [0.1, 0.15) is 6.61 Å². The van der Waals surface area contributed by atoms with Crippen molar-refractivity contribution in [1.29, 1.82) is 0 Å². The van der Waals surface area contributed by atoms with Crippen molar-refractivity contribution in [3.8, 4) is 23.0 Å². The number of hydrazone groups is 1. The number of hydrogen-bond donors (Lipinski definition) is 4. The smallest absolute Gasteiger partial charge is 0.337 e. The van der Waals surface area contributed by atoms with Crippen LogP contribution in [0.3, 0.4) is 0 Å². The predicted octanol–water partition coefficient (Wildman–Crippen LogP) is 3.39. The van der Waals surface area contributed by atoms with Gasteiger partial charge in [-0.05, 0) is 76.1 Å². The number of nitrogens with one attached hydrogen (secondary N) is 3. The Balaban J connectivity index is 1.67. The van der Waals surface area contributed by atoms with Gasteiger partial charge in [0, 0.05) is 5.70 Å². The summed E-state index contributed by atoms with van der Waals surface area (Å²) in [6, 6.07) is 9.27. The van der Waals surface area contributed by atoms with E-state index >= 15 is 0 Å². The second kappa shape index (κ2) is 14.8. The molecule has 1 heterocycles. The van der Waals surface area contributed by atoms with E-state index < -0.39 is 24.3 Å². The Morgan fingerprint density at radius 3 is 2.39 bits per heavy atom. The van der Waals surface area contributed by atoms with E-state index in [-0.39, 0.29) is 18.3 Å². The maximum absolute atomic E-state index is 12.4. The SMILES string of the molecule is CCOc1cc([C@H]2NC(=O)NC(C)=C2C(=O)OC)ccc1OC[C@@H](O)N/N=C/c1ccc(OC(C)C)c(OCC)c1. The number of benzene rings is 2. The van der Waals surface area contributed by atoms with Crippen molar-refractivity contribution in [3.63, 3.8) is 0 Å². The number of carbonyl (C=O) groups excluding carboxylic acids is 2. The molecule has 0 spiro atoms. The average molecular weight is 571 g/mol. The molecule has 12 heteroatoms. The fourth-order valence-electron chi connectivity index (χ4n) is 4.04. The van der Waals surface area contributed by atoms with E-state index in [0.29, 0.717) is 47.5 Å². The largest absolute Gasteiger partial charge is 0.490 e. The zero-order chi connectivity index (χ0) is 29.9. The molecule has 41 heavy (non-hydrogen) atoms. The van der Waals surface area contributed by atoms with Crippen LogP contribution in [-0.2, 0) is 9.53 Å². The van der Waals surface area contributed by atoms with Crippen molar-refractivity contribution in [2.75, 3.05) is 26.9 Å². The minimum absolute atomic E-state index is 0.00813. The van der Waals surface area contributed by atoms with Gasteiger partial charge in [-0.3, -0.25) is 5.43 Å². The summed E-state index contributed by atoms with van der Waals surface area (Å²) in [5, 5.41) is 19.8. The first-order valence-electron chi connectivity index (χ1n) is 13.3. The number of rotatable bonds is 14. The fourth-order valence-corrected chi connectivity index (χ4v) is 4.04. The van der Waals surface area contributed by atoms with Gasteiger partial charge in [0.2, 0.25) is 0 Å². The molecule has 2 aromatic carbocycles. The Kier molecular flexibility index (Phi) is 11.2. The molecule has 222 valence electrons. The molecule has 0 saturated heterocycles. The quantitative estimate of drug-likeness (QED) is 0.116. The Labute approximate surface area is 239 Å². The van der Waals surface area contributed by atoms with Gasteiger partial charge in [-0.25, -0.2) is 9.59 Å². The number of nitrogens with zero attached hydrogens (tertiary/aromatic N) is 1. The van der Waals surface area contributed by atoms with Gasteiger partial charge < -0.3 is 39.4 Å². The molecule has 2 amide bonds. The van der Waals surface area contributed by atoms with Crippen LogP contribution in [0.5, 0.6) is 23.0 Å². The summed E-state index contributed by atoms with van der Waals surface area (Å²) in [5.74, 6) is 1.42. The number of methoxy groups -OCH3 is 1. The Morgan fingerprint density at radius 2 is 1.73 bits per heavy atom. The zero-order valence-corrected chi connectivity index (χ0v) is 24.1. The van der Waals surface area contributed by atoms with E-state index in [9.17, 15) is 14.7 Å². The lowest BCUT2D eigenvalue weighted by Gasteiger charge is -2.28. The van der Waals surface area contributed by atoms with Gasteiger partial charge in [-0.1, -0.05) is 6.07 Å². The van der Waals surface area contributed by atoms with E-state index in [0.717, 1.165) is 5.56 Å². The van der Waals surface area contributed by atoms with Gasteiger partial charge in [0.15, 0.2) is 29.2 Å². The van der Waals surface area contributed by atoms with Crippen LogP contribution < -0.4 is 35.0 Å². The first kappa shape index (κ1) is 31.1. The minimum atomic E-state index is -1.13. The molecule has 2 atom stereocenters. The Hall–Kier alpha value is -4.45. The third kappa shape index (κ3) is 8.52. The van der Waals surface area contributed by atoms with E-state index in [2.05, 4.69) is 21.2 Å². The number of hydrogen-bond acceptors (Lipinski definition) is 10. The molecule has 2 aromatic rings. The molecule has 12 nitrogen and oxygen atoms in total. The summed E-state index contributed by atoms with van der Waals surface area (Å²) in [4.78, 5) is 24.5. The summed E-state index contributed by atoms with van der Waals surface area (Å²) < 4.78 is 27.9. The van der Waals surface area contributed by atoms with Crippen LogP contribution in [0.15, 0.2) is 52.8 Å². The molecular weight excluding hydrogens is 532 g/mol. The van der Waals surface area contributed by atoms with Crippen LogP contribution in [0.4, 0.5) is 4.79 Å².